The van der Waals surface area contributed by atoms with Crippen molar-refractivity contribution in [2.24, 2.45) is 0 Å². The second-order valence-electron chi connectivity index (χ2n) is 4.00. The highest BCUT2D eigenvalue weighted by Gasteiger charge is 2.32. The minimum absolute atomic E-state index is 0.312. The number of rotatable bonds is 1. The van der Waals surface area contributed by atoms with E-state index in [4.69, 9.17) is 4.74 Å². The number of nitrogens with zero attached hydrogens (tertiary/aromatic N) is 1. The van der Waals surface area contributed by atoms with Gasteiger partial charge in [0.25, 0.3) is 0 Å². The molecule has 14 heavy (non-hydrogen) atoms. The van der Waals surface area contributed by atoms with Crippen LogP contribution in [0.4, 0.5) is 0 Å². The van der Waals surface area contributed by atoms with Crippen LogP contribution in [0.3, 0.4) is 0 Å². The van der Waals surface area contributed by atoms with Crippen LogP contribution in [0.1, 0.15) is 30.3 Å². The van der Waals surface area contributed by atoms with E-state index in [1.807, 2.05) is 0 Å². The summed E-state index contributed by atoms with van der Waals surface area (Å²) in [6, 6.07) is 0.312. The lowest BCUT2D eigenvalue weighted by Crippen LogP contribution is -2.37. The Morgan fingerprint density at radius 2 is 2.50 bits per heavy atom. The minimum atomic E-state index is 0.312. The first-order valence-electron chi connectivity index (χ1n) is 5.32. The summed E-state index contributed by atoms with van der Waals surface area (Å²) in [6.45, 7) is 1.93. The number of imidazole rings is 1. The third kappa shape index (κ3) is 1.26. The van der Waals surface area contributed by atoms with Gasteiger partial charge in [-0.25, -0.2) is 4.98 Å². The number of H-pyrrole nitrogens is 1. The normalized spacial score (nSPS) is 31.7. The number of aromatic nitrogens is 2. The Hall–Kier alpha value is -0.870. The second-order valence-corrected chi connectivity index (χ2v) is 4.00. The lowest BCUT2D eigenvalue weighted by Gasteiger charge is -2.27. The zero-order valence-corrected chi connectivity index (χ0v) is 8.12. The van der Waals surface area contributed by atoms with E-state index >= 15 is 0 Å². The molecule has 2 aliphatic heterocycles. The molecule has 1 aromatic rings. The highest BCUT2D eigenvalue weighted by atomic mass is 16.5. The fourth-order valence-electron chi connectivity index (χ4n) is 2.42. The van der Waals surface area contributed by atoms with Crippen molar-refractivity contribution in [1.29, 1.82) is 0 Å². The number of fused-ring (bicyclic) bond motifs is 1. The van der Waals surface area contributed by atoms with Crippen molar-refractivity contribution in [2.75, 3.05) is 13.2 Å². The maximum absolute atomic E-state index is 5.70. The smallest absolute Gasteiger partial charge is 0.0925 e. The number of hydrogen-bond acceptors (Lipinski definition) is 3. The van der Waals surface area contributed by atoms with Gasteiger partial charge >= 0.3 is 0 Å². The first-order valence-corrected chi connectivity index (χ1v) is 5.32. The topological polar surface area (TPSA) is 49.9 Å². The molecule has 2 aliphatic rings. The largest absolute Gasteiger partial charge is 0.376 e. The molecule has 0 spiro atoms. The molecule has 0 aromatic carbocycles. The molecule has 0 aliphatic carbocycles. The van der Waals surface area contributed by atoms with Gasteiger partial charge in [-0.3, -0.25) is 0 Å². The van der Waals surface area contributed by atoms with Gasteiger partial charge in [0.1, 0.15) is 0 Å². The van der Waals surface area contributed by atoms with E-state index < -0.39 is 0 Å². The molecular formula is C10H15N3O. The zero-order valence-electron chi connectivity index (χ0n) is 8.12. The summed E-state index contributed by atoms with van der Waals surface area (Å²) in [4.78, 5) is 7.59. The molecule has 0 radical (unpaired) electrons. The highest BCUT2D eigenvalue weighted by molar-refractivity contribution is 5.20. The SMILES string of the molecule is c1nc2c([nH]1)CCNC2C1CCCO1. The number of nitrogens with one attached hydrogen (secondary N) is 2. The molecule has 2 N–H and O–H groups in total. The van der Waals surface area contributed by atoms with Gasteiger partial charge in [0, 0.05) is 25.3 Å². The van der Waals surface area contributed by atoms with Gasteiger partial charge in [-0.05, 0) is 12.8 Å². The minimum Gasteiger partial charge on any atom is -0.376 e. The average molecular weight is 193 g/mol. The van der Waals surface area contributed by atoms with E-state index in [9.17, 15) is 0 Å². The van der Waals surface area contributed by atoms with E-state index in [0.29, 0.717) is 12.1 Å². The van der Waals surface area contributed by atoms with Crippen LogP contribution in [0, 0.1) is 0 Å². The first-order chi connectivity index (χ1) is 6.95. The van der Waals surface area contributed by atoms with E-state index in [1.165, 1.54) is 17.8 Å². The summed E-state index contributed by atoms with van der Waals surface area (Å²) >= 11 is 0. The monoisotopic (exact) mass is 193 g/mol. The summed E-state index contributed by atoms with van der Waals surface area (Å²) in [7, 11) is 0. The molecule has 4 heteroatoms. The maximum Gasteiger partial charge on any atom is 0.0925 e. The summed E-state index contributed by atoms with van der Waals surface area (Å²) in [6.07, 6.45) is 5.52. The molecule has 1 fully saturated rings. The number of hydrogen-bond donors (Lipinski definition) is 2. The van der Waals surface area contributed by atoms with E-state index in [0.717, 1.165) is 26.0 Å². The molecule has 0 bridgehead atoms. The van der Waals surface area contributed by atoms with Gasteiger partial charge in [0.05, 0.1) is 24.2 Å². The molecular weight excluding hydrogens is 178 g/mol. The van der Waals surface area contributed by atoms with Crippen LogP contribution in [0.15, 0.2) is 6.33 Å². The molecule has 2 unspecified atom stereocenters. The van der Waals surface area contributed by atoms with Gasteiger partial charge in [-0.15, -0.1) is 0 Å². The van der Waals surface area contributed by atoms with Crippen molar-refractivity contribution in [3.8, 4) is 0 Å². The van der Waals surface area contributed by atoms with Gasteiger partial charge in [-0.1, -0.05) is 0 Å². The van der Waals surface area contributed by atoms with Crippen LogP contribution in [0.2, 0.25) is 0 Å². The van der Waals surface area contributed by atoms with Gasteiger partial charge in [-0.2, -0.15) is 0 Å². The zero-order chi connectivity index (χ0) is 9.38. The van der Waals surface area contributed by atoms with Gasteiger partial charge in [0.2, 0.25) is 0 Å². The summed E-state index contributed by atoms with van der Waals surface area (Å²) in [5, 5.41) is 3.50. The van der Waals surface area contributed by atoms with E-state index in [-0.39, 0.29) is 0 Å². The summed E-state index contributed by atoms with van der Waals surface area (Å²) in [5.74, 6) is 0. The Labute approximate surface area is 83.1 Å². The van der Waals surface area contributed by atoms with Crippen LogP contribution >= 0.6 is 0 Å². The van der Waals surface area contributed by atoms with E-state index in [2.05, 4.69) is 15.3 Å². The van der Waals surface area contributed by atoms with E-state index in [1.54, 1.807) is 6.33 Å². The standard InChI is InChI=1S/C10H15N3O/c1-2-8(14-5-1)10-9-7(3-4-11-10)12-6-13-9/h6,8,10-11H,1-5H2,(H,12,13). The van der Waals surface area contributed by atoms with Gasteiger partial charge in [0.15, 0.2) is 0 Å². The molecule has 1 aromatic heterocycles. The second kappa shape index (κ2) is 3.37. The average Bonchev–Trinajstić information content (AvgIpc) is 2.88. The van der Waals surface area contributed by atoms with Crippen LogP contribution < -0.4 is 5.32 Å². The summed E-state index contributed by atoms with van der Waals surface area (Å²) < 4.78 is 5.70. The predicted molar refractivity (Wildman–Crippen MR) is 52.0 cm³/mol. The van der Waals surface area contributed by atoms with Crippen LogP contribution in [-0.4, -0.2) is 29.2 Å². The Morgan fingerprint density at radius 3 is 3.36 bits per heavy atom. The third-order valence-electron chi connectivity index (χ3n) is 3.12. The Morgan fingerprint density at radius 1 is 1.50 bits per heavy atom. The van der Waals surface area contributed by atoms with Crippen LogP contribution in [0.25, 0.3) is 0 Å². The molecule has 0 amide bonds. The van der Waals surface area contributed by atoms with Gasteiger partial charge < -0.3 is 15.0 Å². The Kier molecular flexibility index (Phi) is 2.03. The lowest BCUT2D eigenvalue weighted by atomic mass is 9.99. The lowest BCUT2D eigenvalue weighted by molar-refractivity contribution is 0.0749. The quantitative estimate of drug-likeness (QED) is 0.692. The molecule has 4 nitrogen and oxygen atoms in total. The maximum atomic E-state index is 5.70. The van der Waals surface area contributed by atoms with Crippen molar-refractivity contribution >= 4 is 0 Å². The van der Waals surface area contributed by atoms with Crippen molar-refractivity contribution in [3.05, 3.63) is 17.7 Å². The summed E-state index contributed by atoms with van der Waals surface area (Å²) in [5.41, 5.74) is 2.45. The molecule has 2 atom stereocenters. The van der Waals surface area contributed by atoms with Crippen molar-refractivity contribution < 1.29 is 4.74 Å². The molecule has 76 valence electrons. The molecule has 0 saturated carbocycles. The van der Waals surface area contributed by atoms with Crippen molar-refractivity contribution in [1.82, 2.24) is 15.3 Å². The van der Waals surface area contributed by atoms with Crippen molar-refractivity contribution in [2.45, 2.75) is 31.4 Å². The molecule has 3 heterocycles. The Balaban J connectivity index is 1.88. The number of ether oxygens (including phenoxy) is 1. The number of aromatic amines is 1. The fourth-order valence-corrected chi connectivity index (χ4v) is 2.42. The third-order valence-corrected chi connectivity index (χ3v) is 3.12. The first kappa shape index (κ1) is 8.44. The predicted octanol–water partition coefficient (Wildman–Crippen LogP) is 0.776. The van der Waals surface area contributed by atoms with Crippen LogP contribution in [-0.2, 0) is 11.2 Å². The highest BCUT2D eigenvalue weighted by Crippen LogP contribution is 2.29. The fraction of sp³-hybridized carbons (Fsp3) is 0.700. The molecule has 3 rings (SSSR count). The van der Waals surface area contributed by atoms with Crippen molar-refractivity contribution in [3.63, 3.8) is 0 Å². The Bertz CT molecular complexity index is 317. The van der Waals surface area contributed by atoms with Crippen LogP contribution in [0.5, 0.6) is 0 Å². The molecule has 1 saturated heterocycles.